The molecule has 3 aromatic rings. The number of carbonyl (C=O) groups excluding carboxylic acids is 1. The van der Waals surface area contributed by atoms with Crippen molar-refractivity contribution >= 4 is 35.8 Å². The molecule has 264 valence electrons. The van der Waals surface area contributed by atoms with Gasteiger partial charge in [-0.2, -0.15) is 10.4 Å². The molecule has 1 aliphatic heterocycles. The van der Waals surface area contributed by atoms with Crippen molar-refractivity contribution in [2.45, 2.75) is 76.7 Å². The molecule has 0 bridgehead atoms. The lowest BCUT2D eigenvalue weighted by atomic mass is 9.64. The third-order valence-corrected chi connectivity index (χ3v) is 8.48. The van der Waals surface area contributed by atoms with Crippen molar-refractivity contribution in [1.82, 2.24) is 20.4 Å². The minimum Gasteiger partial charge on any atom is -0.389 e. The molecular weight excluding hydrogens is 661 g/mol. The van der Waals surface area contributed by atoms with Gasteiger partial charge in [0.1, 0.15) is 29.7 Å². The van der Waals surface area contributed by atoms with E-state index in [1.54, 1.807) is 31.3 Å². The topological polar surface area (TPSA) is 124 Å². The highest BCUT2D eigenvalue weighted by Gasteiger charge is 2.55. The van der Waals surface area contributed by atoms with E-state index in [4.69, 9.17) is 32.7 Å². The normalized spacial score (nSPS) is 19.7. The minimum absolute atomic E-state index is 0.0137. The number of benzene rings is 2. The van der Waals surface area contributed by atoms with Crippen molar-refractivity contribution in [2.24, 2.45) is 5.41 Å². The number of nitriles is 1. The average molecular weight is 710 g/mol. The number of nitrogens with zero attached hydrogens (tertiary/aromatic N) is 3. The molecule has 1 aromatic heterocycles. The fourth-order valence-corrected chi connectivity index (χ4v) is 6.21. The largest absolute Gasteiger partial charge is 0.389 e. The van der Waals surface area contributed by atoms with Crippen LogP contribution in [0.1, 0.15) is 58.1 Å². The lowest BCUT2D eigenvalue weighted by Gasteiger charge is -2.37. The van der Waals surface area contributed by atoms with Crippen LogP contribution in [0, 0.1) is 28.4 Å². The lowest BCUT2D eigenvalue weighted by Crippen LogP contribution is -2.44. The predicted molar refractivity (Wildman–Crippen MR) is 188 cm³/mol. The molecule has 1 saturated heterocycles. The van der Waals surface area contributed by atoms with Gasteiger partial charge in [0.2, 0.25) is 0 Å². The molecule has 0 radical (unpaired) electrons. The Hall–Kier alpha value is -3.11. The molecule has 2 aromatic carbocycles. The molecular formula is C35H48Cl2F2N6O3. The molecule has 3 unspecified atom stereocenters. The number of nitrogens with one attached hydrogen (secondary N) is 3. The molecule has 1 fully saturated rings. The van der Waals surface area contributed by atoms with Crippen molar-refractivity contribution in [3.05, 3.63) is 81.5 Å². The van der Waals surface area contributed by atoms with E-state index in [2.05, 4.69) is 47.9 Å². The number of aliphatic hydroxyl groups excluding tert-OH is 1. The molecule has 0 saturated carbocycles. The van der Waals surface area contributed by atoms with Crippen molar-refractivity contribution in [1.29, 1.82) is 5.26 Å². The van der Waals surface area contributed by atoms with E-state index in [0.29, 0.717) is 38.2 Å². The van der Waals surface area contributed by atoms with E-state index in [1.165, 1.54) is 12.1 Å². The molecule has 4 rings (SSSR count). The number of anilines is 1. The summed E-state index contributed by atoms with van der Waals surface area (Å²) in [6.45, 7) is 14.0. The van der Waals surface area contributed by atoms with E-state index in [0.717, 1.165) is 5.82 Å². The Labute approximate surface area is 293 Å². The van der Waals surface area contributed by atoms with E-state index >= 15 is 4.39 Å². The maximum absolute atomic E-state index is 15.0. The van der Waals surface area contributed by atoms with E-state index < -0.39 is 29.1 Å². The Morgan fingerprint density at radius 1 is 1.19 bits per heavy atom. The third kappa shape index (κ3) is 10.7. The molecule has 4 atom stereocenters. The van der Waals surface area contributed by atoms with Crippen LogP contribution in [0.5, 0.6) is 0 Å². The number of likely N-dealkylation sites (N-methyl/N-ethyl adjacent to an activating group) is 1. The standard InChI is InChI=1S/C22H22Cl2F2N2.C12H24N4O2.CH2O/c1-21(2,3)10-19-22(12-27,15-8-7-13(23)9-18(15)25)16(11-28-19)14-5-4-6-17(24)20(14)26;1-12(2,18-8-10(17)7-13-3)9-16-6-5-11(14-4)15-16;1-2/h4-9,16,19,28H,10-11H2,1-3H3;5-6,10,13,17H,7-9H2,1-4H3,(H,14,15);1H2/t16?,19?,22-;;/m1../s1. The van der Waals surface area contributed by atoms with Gasteiger partial charge in [0.05, 0.1) is 35.9 Å². The van der Waals surface area contributed by atoms with Crippen LogP contribution in [0.25, 0.3) is 0 Å². The van der Waals surface area contributed by atoms with Crippen LogP contribution < -0.4 is 16.0 Å². The fraction of sp³-hybridized carbons (Fsp3) is 0.514. The molecule has 9 nitrogen and oxygen atoms in total. The van der Waals surface area contributed by atoms with E-state index in [9.17, 15) is 14.8 Å². The van der Waals surface area contributed by atoms with Crippen LogP contribution in [0.15, 0.2) is 48.7 Å². The van der Waals surface area contributed by atoms with Gasteiger partial charge in [-0.1, -0.05) is 62.2 Å². The second-order valence-corrected chi connectivity index (χ2v) is 14.3. The van der Waals surface area contributed by atoms with Gasteiger partial charge in [-0.05, 0) is 56.5 Å². The monoisotopic (exact) mass is 708 g/mol. The second kappa shape index (κ2) is 18.0. The molecule has 2 heterocycles. The van der Waals surface area contributed by atoms with Gasteiger partial charge in [-0.25, -0.2) is 8.78 Å². The van der Waals surface area contributed by atoms with Crippen LogP contribution in [0.2, 0.25) is 10.0 Å². The van der Waals surface area contributed by atoms with Crippen molar-refractivity contribution in [2.75, 3.05) is 39.1 Å². The van der Waals surface area contributed by atoms with E-state index in [-0.39, 0.29) is 32.7 Å². The fourth-order valence-electron chi connectivity index (χ4n) is 5.87. The minimum atomic E-state index is -1.30. The summed E-state index contributed by atoms with van der Waals surface area (Å²) in [5.74, 6) is -0.897. The average Bonchev–Trinajstić information content (AvgIpc) is 3.62. The van der Waals surface area contributed by atoms with Crippen molar-refractivity contribution < 1.29 is 23.4 Å². The Morgan fingerprint density at radius 2 is 1.88 bits per heavy atom. The zero-order valence-corrected chi connectivity index (χ0v) is 30.2. The zero-order valence-electron chi connectivity index (χ0n) is 28.7. The maximum atomic E-state index is 15.0. The molecule has 0 spiro atoms. The highest BCUT2D eigenvalue weighted by Crippen LogP contribution is 2.50. The number of rotatable bonds is 11. The molecule has 13 heteroatoms. The van der Waals surface area contributed by atoms with Gasteiger partial charge < -0.3 is 30.6 Å². The van der Waals surface area contributed by atoms with Crippen LogP contribution in [-0.2, 0) is 21.5 Å². The maximum Gasteiger partial charge on any atom is 0.147 e. The highest BCUT2D eigenvalue weighted by molar-refractivity contribution is 6.31. The highest BCUT2D eigenvalue weighted by atomic mass is 35.5. The first kappa shape index (κ1) is 41.1. The summed E-state index contributed by atoms with van der Waals surface area (Å²) in [4.78, 5) is 8.00. The molecule has 0 aliphatic carbocycles. The van der Waals surface area contributed by atoms with Gasteiger partial charge >= 0.3 is 0 Å². The molecule has 4 N–H and O–H groups in total. The first-order valence-corrected chi connectivity index (χ1v) is 16.3. The summed E-state index contributed by atoms with van der Waals surface area (Å²) in [6, 6.07) is 13.0. The van der Waals surface area contributed by atoms with Gasteiger partial charge in [-0.15, -0.1) is 0 Å². The number of aromatic nitrogens is 2. The number of aliphatic hydroxyl groups is 1. The van der Waals surface area contributed by atoms with Crippen molar-refractivity contribution in [3.8, 4) is 6.07 Å². The Bertz CT molecular complexity index is 1510. The smallest absolute Gasteiger partial charge is 0.147 e. The number of hydrogen-bond acceptors (Lipinski definition) is 8. The second-order valence-electron chi connectivity index (χ2n) is 13.5. The number of ether oxygens (including phenoxy) is 1. The van der Waals surface area contributed by atoms with Crippen LogP contribution >= 0.6 is 23.2 Å². The number of carbonyl (C=O) groups is 1. The summed E-state index contributed by atoms with van der Waals surface area (Å²) in [5, 5.41) is 33.8. The van der Waals surface area contributed by atoms with Gasteiger partial charge in [-0.3, -0.25) is 4.68 Å². The van der Waals surface area contributed by atoms with Crippen molar-refractivity contribution in [3.63, 3.8) is 0 Å². The van der Waals surface area contributed by atoms with Crippen LogP contribution in [0.3, 0.4) is 0 Å². The first-order valence-electron chi connectivity index (χ1n) is 15.6. The zero-order chi connectivity index (χ0) is 36.3. The SMILES string of the molecule is C=O.CC(C)(C)CC1NCC(c2cccc(Cl)c2F)[C@@]1(C#N)c1ccc(Cl)cc1F.CNCC(O)COC(C)(C)Cn1ccc(NC)n1. The summed E-state index contributed by atoms with van der Waals surface area (Å²) >= 11 is 11.9. The molecule has 1 aliphatic rings. The Morgan fingerprint density at radius 3 is 2.44 bits per heavy atom. The summed E-state index contributed by atoms with van der Waals surface area (Å²) in [7, 11) is 3.64. The Kier molecular flexibility index (Phi) is 15.4. The third-order valence-electron chi connectivity index (χ3n) is 7.95. The summed E-state index contributed by atoms with van der Waals surface area (Å²) in [5.41, 5.74) is -1.25. The predicted octanol–water partition coefficient (Wildman–Crippen LogP) is 6.34. The van der Waals surface area contributed by atoms with Gasteiger partial charge in [0, 0.05) is 54.9 Å². The quantitative estimate of drug-likeness (QED) is 0.182. The molecule has 48 heavy (non-hydrogen) atoms. The Balaban J connectivity index is 0.000000347. The first-order chi connectivity index (χ1) is 22.6. The van der Waals surface area contributed by atoms with Gasteiger partial charge in [0.15, 0.2) is 0 Å². The lowest BCUT2D eigenvalue weighted by molar-refractivity contribution is -0.0980. The number of halogens is 4. The van der Waals surface area contributed by atoms with Crippen LogP contribution in [-0.4, -0.2) is 73.2 Å². The summed E-state index contributed by atoms with van der Waals surface area (Å²) in [6.07, 6.45) is 2.03. The van der Waals surface area contributed by atoms with E-state index in [1.807, 2.05) is 44.6 Å². The van der Waals surface area contributed by atoms with Gasteiger partial charge in [0.25, 0.3) is 0 Å². The van der Waals surface area contributed by atoms with Crippen LogP contribution in [0.4, 0.5) is 14.6 Å². The molecule has 0 amide bonds. The number of hydrogen-bond donors (Lipinski definition) is 4. The summed E-state index contributed by atoms with van der Waals surface area (Å²) < 4.78 is 37.5.